The Hall–Kier alpha value is -4.47. The van der Waals surface area contributed by atoms with Gasteiger partial charge in [0.05, 0.1) is 36.3 Å². The van der Waals surface area contributed by atoms with Crippen molar-refractivity contribution in [2.75, 3.05) is 14.2 Å². The van der Waals surface area contributed by atoms with Crippen molar-refractivity contribution < 1.29 is 19.5 Å². The van der Waals surface area contributed by atoms with E-state index in [4.69, 9.17) is 9.47 Å². The number of phenols is 1. The van der Waals surface area contributed by atoms with Gasteiger partial charge in [0, 0.05) is 23.8 Å². The third kappa shape index (κ3) is 3.47. The predicted molar refractivity (Wildman–Crippen MR) is 119 cm³/mol. The first-order valence-electron chi connectivity index (χ1n) is 9.44. The average Bonchev–Trinajstić information content (AvgIpc) is 2.78. The zero-order valence-electron chi connectivity index (χ0n) is 17.4. The van der Waals surface area contributed by atoms with Crippen molar-refractivity contribution in [3.05, 3.63) is 74.3 Å². The Kier molecular flexibility index (Phi) is 5.19. The second-order valence-electron chi connectivity index (χ2n) is 6.91. The molecule has 0 bridgehead atoms. The highest BCUT2D eigenvalue weighted by Crippen LogP contribution is 2.31. The van der Waals surface area contributed by atoms with Crippen molar-refractivity contribution in [2.24, 2.45) is 5.10 Å². The van der Waals surface area contributed by atoms with Crippen molar-refractivity contribution in [1.82, 2.24) is 9.66 Å². The van der Waals surface area contributed by atoms with E-state index in [1.807, 2.05) is 0 Å². The monoisotopic (exact) mass is 434 g/mol. The number of aromatic nitrogens is 2. The van der Waals surface area contributed by atoms with Crippen LogP contribution in [0.2, 0.25) is 0 Å². The normalized spacial score (nSPS) is 11.3. The molecule has 0 aliphatic carbocycles. The Balaban J connectivity index is 1.87. The Morgan fingerprint density at radius 3 is 2.50 bits per heavy atom. The molecule has 3 aromatic carbocycles. The van der Waals surface area contributed by atoms with Crippen LogP contribution in [0.4, 0.5) is 5.69 Å². The summed E-state index contributed by atoms with van der Waals surface area (Å²) in [5, 5.41) is 27.0. The van der Waals surface area contributed by atoms with Crippen LogP contribution >= 0.6 is 0 Å². The van der Waals surface area contributed by atoms with Gasteiger partial charge in [-0.15, -0.1) is 0 Å². The van der Waals surface area contributed by atoms with Gasteiger partial charge in [-0.1, -0.05) is 6.07 Å². The Morgan fingerprint density at radius 2 is 1.81 bits per heavy atom. The molecule has 10 heteroatoms. The minimum absolute atomic E-state index is 0.0683. The van der Waals surface area contributed by atoms with Gasteiger partial charge in [-0.05, 0) is 35.9 Å². The molecule has 0 unspecified atom stereocenters. The second kappa shape index (κ2) is 7.99. The molecule has 1 N–H and O–H groups in total. The van der Waals surface area contributed by atoms with Gasteiger partial charge in [0.1, 0.15) is 11.6 Å². The van der Waals surface area contributed by atoms with Crippen LogP contribution in [-0.4, -0.2) is 40.1 Å². The van der Waals surface area contributed by atoms with Gasteiger partial charge < -0.3 is 14.6 Å². The SMILES string of the molecule is COc1cc2nc(C)n(N=Cc3c(O)ccc4cc([N+](=O)[O-])ccc34)c(=O)c2cc1OC. The molecule has 0 fully saturated rings. The molecule has 32 heavy (non-hydrogen) atoms. The molecule has 4 aromatic rings. The highest BCUT2D eigenvalue weighted by atomic mass is 16.6. The number of hydrogen-bond donors (Lipinski definition) is 1. The number of aromatic hydroxyl groups is 1. The van der Waals surface area contributed by atoms with Crippen molar-refractivity contribution in [2.45, 2.75) is 6.92 Å². The lowest BCUT2D eigenvalue weighted by molar-refractivity contribution is -0.384. The number of nitro benzene ring substituents is 1. The van der Waals surface area contributed by atoms with Crippen LogP contribution in [0, 0.1) is 17.0 Å². The summed E-state index contributed by atoms with van der Waals surface area (Å²) in [7, 11) is 2.96. The van der Waals surface area contributed by atoms with E-state index in [0.29, 0.717) is 39.2 Å². The maximum atomic E-state index is 13.1. The molecule has 1 aromatic heterocycles. The lowest BCUT2D eigenvalue weighted by Gasteiger charge is -2.11. The van der Waals surface area contributed by atoms with E-state index in [2.05, 4.69) is 10.1 Å². The number of fused-ring (bicyclic) bond motifs is 2. The van der Waals surface area contributed by atoms with Crippen LogP contribution in [0.1, 0.15) is 11.4 Å². The van der Waals surface area contributed by atoms with Crippen LogP contribution in [0.25, 0.3) is 21.7 Å². The van der Waals surface area contributed by atoms with Gasteiger partial charge in [-0.3, -0.25) is 14.9 Å². The molecule has 0 aliphatic rings. The lowest BCUT2D eigenvalue weighted by atomic mass is 10.0. The fourth-order valence-corrected chi connectivity index (χ4v) is 3.45. The smallest absolute Gasteiger partial charge is 0.282 e. The summed E-state index contributed by atoms with van der Waals surface area (Å²) in [5.41, 5.74) is 0.245. The molecule has 10 nitrogen and oxygen atoms in total. The summed E-state index contributed by atoms with van der Waals surface area (Å²) >= 11 is 0. The molecular weight excluding hydrogens is 416 g/mol. The summed E-state index contributed by atoms with van der Waals surface area (Å²) in [6, 6.07) is 10.4. The Morgan fingerprint density at radius 1 is 1.09 bits per heavy atom. The summed E-state index contributed by atoms with van der Waals surface area (Å²) in [4.78, 5) is 28.1. The zero-order valence-corrected chi connectivity index (χ0v) is 17.4. The largest absolute Gasteiger partial charge is 0.507 e. The average molecular weight is 434 g/mol. The number of non-ortho nitro benzene ring substituents is 1. The number of rotatable bonds is 5. The molecule has 0 spiro atoms. The first-order valence-corrected chi connectivity index (χ1v) is 9.44. The molecule has 0 atom stereocenters. The summed E-state index contributed by atoms with van der Waals surface area (Å²) in [5.74, 6) is 1.07. The quantitative estimate of drug-likeness (QED) is 0.290. The molecule has 1 heterocycles. The first-order chi connectivity index (χ1) is 15.3. The number of nitro groups is 1. The third-order valence-electron chi connectivity index (χ3n) is 5.05. The minimum atomic E-state index is -0.493. The van der Waals surface area contributed by atoms with Crippen LogP contribution < -0.4 is 15.0 Å². The maximum Gasteiger partial charge on any atom is 0.282 e. The van der Waals surface area contributed by atoms with E-state index >= 15 is 0 Å². The number of methoxy groups -OCH3 is 2. The van der Waals surface area contributed by atoms with Crippen LogP contribution in [0.3, 0.4) is 0 Å². The van der Waals surface area contributed by atoms with E-state index in [1.165, 1.54) is 50.8 Å². The third-order valence-corrected chi connectivity index (χ3v) is 5.05. The molecule has 162 valence electrons. The molecule has 0 saturated carbocycles. The van der Waals surface area contributed by atoms with Crippen LogP contribution in [0.15, 0.2) is 52.4 Å². The number of aryl methyl sites for hydroxylation is 1. The van der Waals surface area contributed by atoms with Gasteiger partial charge in [-0.2, -0.15) is 9.78 Å². The fraction of sp³-hybridized carbons (Fsp3) is 0.136. The number of phenolic OH excluding ortho intramolecular Hbond substituents is 1. The van der Waals surface area contributed by atoms with Crippen molar-refractivity contribution in [3.8, 4) is 17.2 Å². The van der Waals surface area contributed by atoms with Gasteiger partial charge in [0.25, 0.3) is 11.2 Å². The molecule has 0 radical (unpaired) electrons. The maximum absolute atomic E-state index is 13.1. The summed E-state index contributed by atoms with van der Waals surface area (Å²) in [6.07, 6.45) is 1.33. The molecular formula is C22H18N4O6. The minimum Gasteiger partial charge on any atom is -0.507 e. The van der Waals surface area contributed by atoms with E-state index in [0.717, 1.165) is 4.68 Å². The van der Waals surface area contributed by atoms with E-state index in [9.17, 15) is 20.0 Å². The summed E-state index contributed by atoms with van der Waals surface area (Å²) in [6.45, 7) is 1.63. The first kappa shape index (κ1) is 20.8. The van der Waals surface area contributed by atoms with Gasteiger partial charge in [0.15, 0.2) is 11.5 Å². The van der Waals surface area contributed by atoms with Crippen molar-refractivity contribution in [3.63, 3.8) is 0 Å². The highest BCUT2D eigenvalue weighted by molar-refractivity contribution is 6.03. The number of benzene rings is 3. The molecule has 4 rings (SSSR count). The molecule has 0 saturated heterocycles. The summed E-state index contributed by atoms with van der Waals surface area (Å²) < 4.78 is 11.6. The Bertz CT molecular complexity index is 1480. The zero-order chi connectivity index (χ0) is 23.0. The standard InChI is InChI=1S/C22H18N4O6/c1-12-24-18-10-21(32-3)20(31-2)9-16(18)22(28)25(12)23-11-17-15-6-5-14(26(29)30)8-13(15)4-7-19(17)27/h4-11,27H,1-3H3. The molecule has 0 amide bonds. The second-order valence-corrected chi connectivity index (χ2v) is 6.91. The predicted octanol–water partition coefficient (Wildman–Crippen LogP) is 3.37. The topological polar surface area (TPSA) is 129 Å². The number of ether oxygens (including phenoxy) is 2. The van der Waals surface area contributed by atoms with Gasteiger partial charge in [0.2, 0.25) is 0 Å². The molecule has 0 aliphatic heterocycles. The fourth-order valence-electron chi connectivity index (χ4n) is 3.45. The van der Waals surface area contributed by atoms with Crippen LogP contribution in [-0.2, 0) is 0 Å². The number of hydrogen-bond acceptors (Lipinski definition) is 8. The van der Waals surface area contributed by atoms with E-state index in [-0.39, 0.29) is 16.8 Å². The van der Waals surface area contributed by atoms with Crippen molar-refractivity contribution in [1.29, 1.82) is 0 Å². The van der Waals surface area contributed by atoms with Crippen LogP contribution in [0.5, 0.6) is 17.2 Å². The van der Waals surface area contributed by atoms with E-state index in [1.54, 1.807) is 19.1 Å². The lowest BCUT2D eigenvalue weighted by Crippen LogP contribution is -2.20. The van der Waals surface area contributed by atoms with E-state index < -0.39 is 10.5 Å². The number of nitrogens with zero attached hydrogens (tertiary/aromatic N) is 4. The van der Waals surface area contributed by atoms with Crippen molar-refractivity contribution >= 4 is 33.6 Å². The highest BCUT2D eigenvalue weighted by Gasteiger charge is 2.14. The Labute approximate surface area is 181 Å². The van der Waals surface area contributed by atoms with Gasteiger partial charge >= 0.3 is 0 Å². The van der Waals surface area contributed by atoms with Gasteiger partial charge in [-0.25, -0.2) is 4.98 Å².